The minimum atomic E-state index is -3.63. The first-order chi connectivity index (χ1) is 7.00. The Hall–Kier alpha value is -1.52. The third-order valence-electron chi connectivity index (χ3n) is 1.91. The third-order valence-corrected chi connectivity index (χ3v) is 1.91. The molecule has 0 bridgehead atoms. The van der Waals surface area contributed by atoms with Gasteiger partial charge in [-0.2, -0.15) is 8.78 Å². The second-order valence-electron chi connectivity index (χ2n) is 2.99. The van der Waals surface area contributed by atoms with Crippen molar-refractivity contribution in [3.8, 4) is 0 Å². The number of nitrogens with zero attached hydrogens (tertiary/aromatic N) is 1. The number of rotatable bonds is 3. The van der Waals surface area contributed by atoms with E-state index in [4.69, 9.17) is 0 Å². The summed E-state index contributed by atoms with van der Waals surface area (Å²) in [5, 5.41) is 0. The number of esters is 1. The van der Waals surface area contributed by atoms with Gasteiger partial charge >= 0.3 is 11.9 Å². The largest absolute Gasteiger partial charge is 0.461 e. The maximum Gasteiger partial charge on any atom is 0.382 e. The summed E-state index contributed by atoms with van der Waals surface area (Å²) in [7, 11) is 0. The van der Waals surface area contributed by atoms with Crippen molar-refractivity contribution < 1.29 is 18.3 Å². The zero-order chi connectivity index (χ0) is 11.5. The summed E-state index contributed by atoms with van der Waals surface area (Å²) in [6, 6.07) is 1.42. The van der Waals surface area contributed by atoms with Gasteiger partial charge in [0.1, 0.15) is 0 Å². The van der Waals surface area contributed by atoms with Gasteiger partial charge in [-0.25, -0.2) is 4.79 Å². The molecule has 0 fully saturated rings. The summed E-state index contributed by atoms with van der Waals surface area (Å²) in [6.07, 6.45) is 2.37. The predicted octanol–water partition coefficient (Wildman–Crippen LogP) is 2.04. The van der Waals surface area contributed by atoms with Crippen LogP contribution < -0.4 is 0 Å². The number of pyridine rings is 1. The van der Waals surface area contributed by atoms with Crippen LogP contribution in [0.3, 0.4) is 0 Å². The van der Waals surface area contributed by atoms with Crippen LogP contribution in [0.4, 0.5) is 8.78 Å². The lowest BCUT2D eigenvalue weighted by molar-refractivity contribution is -0.173. The van der Waals surface area contributed by atoms with Gasteiger partial charge in [0.15, 0.2) is 0 Å². The number of alkyl halides is 2. The summed E-state index contributed by atoms with van der Waals surface area (Å²) in [5.41, 5.74) is -0.105. The Labute approximate surface area is 86.1 Å². The number of hydrogen-bond acceptors (Lipinski definition) is 3. The third kappa shape index (κ3) is 2.29. The average molecular weight is 215 g/mol. The first kappa shape index (κ1) is 11.6. The molecule has 3 nitrogen and oxygen atoms in total. The van der Waals surface area contributed by atoms with Crippen LogP contribution in [-0.2, 0) is 15.5 Å². The molecule has 0 aliphatic heterocycles. The number of hydrogen-bond donors (Lipinski definition) is 0. The Balaban J connectivity index is 3.05. The molecular weight excluding hydrogens is 204 g/mol. The van der Waals surface area contributed by atoms with Gasteiger partial charge in [0.25, 0.3) is 0 Å². The molecule has 1 aromatic heterocycles. The molecule has 5 heteroatoms. The van der Waals surface area contributed by atoms with Gasteiger partial charge in [-0.1, -0.05) is 0 Å². The molecule has 0 unspecified atom stereocenters. The van der Waals surface area contributed by atoms with Gasteiger partial charge in [-0.3, -0.25) is 4.98 Å². The quantitative estimate of drug-likeness (QED) is 0.724. The Morgan fingerprint density at radius 2 is 2.27 bits per heavy atom. The lowest BCUT2D eigenvalue weighted by Gasteiger charge is -2.16. The standard InChI is InChI=1S/C10H11F2NO2/c1-3-15-9(14)10(11,12)8-6-13-5-4-7(8)2/h4-6H,3H2,1-2H3. The Morgan fingerprint density at radius 3 is 2.80 bits per heavy atom. The van der Waals surface area contributed by atoms with E-state index in [1.54, 1.807) is 0 Å². The van der Waals surface area contributed by atoms with E-state index in [-0.39, 0.29) is 6.61 Å². The average Bonchev–Trinajstić information content (AvgIpc) is 2.18. The first-order valence-electron chi connectivity index (χ1n) is 4.46. The van der Waals surface area contributed by atoms with Gasteiger partial charge in [0.05, 0.1) is 12.2 Å². The second kappa shape index (κ2) is 4.33. The molecule has 1 rings (SSSR count). The minimum absolute atomic E-state index is 0.0757. The summed E-state index contributed by atoms with van der Waals surface area (Å²) in [5.74, 6) is -5.17. The number of carbonyl (C=O) groups is 1. The summed E-state index contributed by atoms with van der Waals surface area (Å²) >= 11 is 0. The van der Waals surface area contributed by atoms with Gasteiger partial charge < -0.3 is 4.74 Å². The van der Waals surface area contributed by atoms with E-state index in [2.05, 4.69) is 9.72 Å². The normalized spacial score (nSPS) is 11.2. The monoisotopic (exact) mass is 215 g/mol. The van der Waals surface area contributed by atoms with Crippen molar-refractivity contribution in [2.24, 2.45) is 0 Å². The van der Waals surface area contributed by atoms with Gasteiger partial charge in [-0.05, 0) is 25.5 Å². The molecule has 0 spiro atoms. The molecule has 0 atom stereocenters. The van der Waals surface area contributed by atoms with Crippen molar-refractivity contribution in [2.45, 2.75) is 19.8 Å². The maximum absolute atomic E-state index is 13.5. The molecule has 0 N–H and O–H groups in total. The lowest BCUT2D eigenvalue weighted by Crippen LogP contribution is -2.29. The topological polar surface area (TPSA) is 39.2 Å². The fraction of sp³-hybridized carbons (Fsp3) is 0.400. The van der Waals surface area contributed by atoms with Crippen LogP contribution in [-0.4, -0.2) is 17.6 Å². The van der Waals surface area contributed by atoms with E-state index in [0.717, 1.165) is 6.20 Å². The highest BCUT2D eigenvalue weighted by Crippen LogP contribution is 2.30. The highest BCUT2D eigenvalue weighted by atomic mass is 19.3. The molecule has 0 aromatic carbocycles. The fourth-order valence-electron chi connectivity index (χ4n) is 1.12. The number of aryl methyl sites for hydroxylation is 1. The fourth-order valence-corrected chi connectivity index (χ4v) is 1.12. The van der Waals surface area contributed by atoms with Crippen LogP contribution in [0.5, 0.6) is 0 Å². The number of halogens is 2. The van der Waals surface area contributed by atoms with Crippen molar-refractivity contribution >= 4 is 5.97 Å². The zero-order valence-electron chi connectivity index (χ0n) is 8.46. The van der Waals surface area contributed by atoms with E-state index in [0.29, 0.717) is 5.56 Å². The molecule has 0 aliphatic carbocycles. The number of ether oxygens (including phenoxy) is 1. The summed E-state index contributed by atoms with van der Waals surface area (Å²) < 4.78 is 31.3. The molecule has 1 heterocycles. The van der Waals surface area contributed by atoms with Crippen LogP contribution in [0.25, 0.3) is 0 Å². The zero-order valence-corrected chi connectivity index (χ0v) is 8.46. The van der Waals surface area contributed by atoms with Crippen molar-refractivity contribution in [3.63, 3.8) is 0 Å². The molecule has 0 saturated carbocycles. The van der Waals surface area contributed by atoms with Crippen molar-refractivity contribution in [1.29, 1.82) is 0 Å². The highest BCUT2D eigenvalue weighted by molar-refractivity contribution is 5.79. The Morgan fingerprint density at radius 1 is 1.60 bits per heavy atom. The van der Waals surface area contributed by atoms with E-state index in [9.17, 15) is 13.6 Å². The first-order valence-corrected chi connectivity index (χ1v) is 4.46. The van der Waals surface area contributed by atoms with E-state index in [1.807, 2.05) is 0 Å². The van der Waals surface area contributed by atoms with E-state index < -0.39 is 17.5 Å². The SMILES string of the molecule is CCOC(=O)C(F)(F)c1cnccc1C. The molecule has 15 heavy (non-hydrogen) atoms. The maximum atomic E-state index is 13.5. The van der Waals surface area contributed by atoms with Gasteiger partial charge in [-0.15, -0.1) is 0 Å². The second-order valence-corrected chi connectivity index (χ2v) is 2.99. The predicted molar refractivity (Wildman–Crippen MR) is 49.5 cm³/mol. The molecule has 0 saturated heterocycles. The van der Waals surface area contributed by atoms with Crippen molar-refractivity contribution in [1.82, 2.24) is 4.98 Å². The molecule has 0 radical (unpaired) electrons. The van der Waals surface area contributed by atoms with Crippen LogP contribution in [0.1, 0.15) is 18.1 Å². The van der Waals surface area contributed by atoms with Crippen LogP contribution >= 0.6 is 0 Å². The van der Waals surface area contributed by atoms with Crippen LogP contribution in [0.15, 0.2) is 18.5 Å². The highest BCUT2D eigenvalue weighted by Gasteiger charge is 2.43. The number of carbonyl (C=O) groups excluding carboxylic acids is 1. The van der Waals surface area contributed by atoms with Gasteiger partial charge in [0.2, 0.25) is 0 Å². The van der Waals surface area contributed by atoms with E-state index >= 15 is 0 Å². The summed E-state index contributed by atoms with van der Waals surface area (Å²) in [4.78, 5) is 14.6. The van der Waals surface area contributed by atoms with E-state index in [1.165, 1.54) is 26.1 Å². The molecule has 0 aliphatic rings. The lowest BCUT2D eigenvalue weighted by atomic mass is 10.1. The van der Waals surface area contributed by atoms with Gasteiger partial charge in [0, 0.05) is 12.4 Å². The van der Waals surface area contributed by atoms with Crippen molar-refractivity contribution in [3.05, 3.63) is 29.6 Å². The van der Waals surface area contributed by atoms with Crippen molar-refractivity contribution in [2.75, 3.05) is 6.61 Å². The smallest absolute Gasteiger partial charge is 0.382 e. The Kier molecular flexibility index (Phi) is 3.34. The molecular formula is C10H11F2NO2. The minimum Gasteiger partial charge on any atom is -0.461 e. The van der Waals surface area contributed by atoms with Crippen LogP contribution in [0, 0.1) is 6.92 Å². The Bertz CT molecular complexity index is 366. The molecule has 82 valence electrons. The molecule has 1 aromatic rings. The number of aromatic nitrogens is 1. The molecule has 0 amide bonds. The summed E-state index contributed by atoms with van der Waals surface area (Å²) in [6.45, 7) is 2.89. The van der Waals surface area contributed by atoms with Crippen LogP contribution in [0.2, 0.25) is 0 Å².